The molecule has 0 saturated carbocycles. The quantitative estimate of drug-likeness (QED) is 0.863. The largest absolute Gasteiger partial charge is 0.454 e. The Kier molecular flexibility index (Phi) is 5.27. The van der Waals surface area contributed by atoms with Crippen molar-refractivity contribution in [2.45, 2.75) is 12.2 Å². The first-order valence-corrected chi connectivity index (χ1v) is 8.27. The van der Waals surface area contributed by atoms with Crippen molar-refractivity contribution in [3.63, 3.8) is 0 Å². The number of carbonyl (C=O) groups excluding carboxylic acids is 1. The van der Waals surface area contributed by atoms with Crippen molar-refractivity contribution in [2.24, 2.45) is 0 Å². The van der Waals surface area contributed by atoms with Gasteiger partial charge in [0.25, 0.3) is 5.91 Å². The van der Waals surface area contributed by atoms with E-state index in [0.29, 0.717) is 11.5 Å². The number of halogens is 3. The molecule has 0 saturated heterocycles. The SMILES string of the molecule is CN(C)[C@H](CNC(=O)c1ccc(C(F)(F)F)cc1)c1ccc2c(c1)OCO2. The lowest BCUT2D eigenvalue weighted by Gasteiger charge is -2.25. The summed E-state index contributed by atoms with van der Waals surface area (Å²) in [5.41, 5.74) is 0.314. The lowest BCUT2D eigenvalue weighted by Crippen LogP contribution is -2.34. The van der Waals surface area contributed by atoms with Gasteiger partial charge in [0.1, 0.15) is 0 Å². The lowest BCUT2D eigenvalue weighted by atomic mass is 10.0. The van der Waals surface area contributed by atoms with Crippen molar-refractivity contribution in [2.75, 3.05) is 27.4 Å². The Labute approximate surface area is 154 Å². The second-order valence-electron chi connectivity index (χ2n) is 6.38. The first-order chi connectivity index (χ1) is 12.8. The first kappa shape index (κ1) is 19.0. The van der Waals surface area contributed by atoms with E-state index >= 15 is 0 Å². The topological polar surface area (TPSA) is 50.8 Å². The molecule has 3 rings (SSSR count). The number of hydrogen-bond acceptors (Lipinski definition) is 4. The molecule has 0 aromatic heterocycles. The summed E-state index contributed by atoms with van der Waals surface area (Å²) in [4.78, 5) is 14.2. The summed E-state index contributed by atoms with van der Waals surface area (Å²) in [5.74, 6) is 0.884. The highest BCUT2D eigenvalue weighted by molar-refractivity contribution is 5.94. The number of benzene rings is 2. The van der Waals surface area contributed by atoms with Crippen molar-refractivity contribution in [3.8, 4) is 11.5 Å². The van der Waals surface area contributed by atoms with Crippen molar-refractivity contribution in [3.05, 3.63) is 59.2 Å². The molecule has 1 heterocycles. The highest BCUT2D eigenvalue weighted by Gasteiger charge is 2.30. The third kappa shape index (κ3) is 4.33. The van der Waals surface area contributed by atoms with Crippen molar-refractivity contribution in [1.82, 2.24) is 10.2 Å². The molecular weight excluding hydrogens is 361 g/mol. The van der Waals surface area contributed by atoms with E-state index in [-0.39, 0.29) is 24.9 Å². The predicted molar refractivity (Wildman–Crippen MR) is 92.8 cm³/mol. The average molecular weight is 380 g/mol. The zero-order chi connectivity index (χ0) is 19.6. The van der Waals surface area contributed by atoms with Gasteiger partial charge in [-0.3, -0.25) is 4.79 Å². The second-order valence-corrected chi connectivity index (χ2v) is 6.38. The second kappa shape index (κ2) is 7.48. The fraction of sp³-hybridized carbons (Fsp3) is 0.316. The summed E-state index contributed by atoms with van der Waals surface area (Å²) in [7, 11) is 3.75. The number of nitrogens with one attached hydrogen (secondary N) is 1. The Morgan fingerprint density at radius 1 is 1.11 bits per heavy atom. The molecule has 8 heteroatoms. The van der Waals surface area contributed by atoms with Gasteiger partial charge in [-0.2, -0.15) is 13.2 Å². The van der Waals surface area contributed by atoms with E-state index in [0.717, 1.165) is 17.7 Å². The molecule has 1 atom stereocenters. The number of ether oxygens (including phenoxy) is 2. The summed E-state index contributed by atoms with van der Waals surface area (Å²) in [6.07, 6.45) is -4.43. The fourth-order valence-corrected chi connectivity index (χ4v) is 2.82. The van der Waals surface area contributed by atoms with Gasteiger partial charge in [-0.1, -0.05) is 6.07 Å². The van der Waals surface area contributed by atoms with Gasteiger partial charge in [0, 0.05) is 12.1 Å². The molecule has 0 spiro atoms. The summed E-state index contributed by atoms with van der Waals surface area (Å²) < 4.78 is 48.5. The molecule has 0 bridgehead atoms. The first-order valence-electron chi connectivity index (χ1n) is 8.27. The van der Waals surface area contributed by atoms with E-state index in [9.17, 15) is 18.0 Å². The number of rotatable bonds is 5. The summed E-state index contributed by atoms with van der Waals surface area (Å²) in [5, 5.41) is 2.77. The highest BCUT2D eigenvalue weighted by Crippen LogP contribution is 2.35. The van der Waals surface area contributed by atoms with Crippen LogP contribution in [0.25, 0.3) is 0 Å². The molecule has 0 radical (unpaired) electrons. The third-order valence-electron chi connectivity index (χ3n) is 4.34. The molecule has 2 aromatic carbocycles. The Hall–Kier alpha value is -2.74. The van der Waals surface area contributed by atoms with Crippen molar-refractivity contribution in [1.29, 1.82) is 0 Å². The summed E-state index contributed by atoms with van der Waals surface area (Å²) in [6, 6.07) is 9.56. The van der Waals surface area contributed by atoms with Crippen LogP contribution in [-0.4, -0.2) is 38.2 Å². The minimum atomic E-state index is -4.43. The molecule has 1 aliphatic rings. The molecule has 1 N–H and O–H groups in total. The highest BCUT2D eigenvalue weighted by atomic mass is 19.4. The van der Waals surface area contributed by atoms with E-state index in [1.165, 1.54) is 12.1 Å². The maximum Gasteiger partial charge on any atom is 0.416 e. The van der Waals surface area contributed by atoms with E-state index in [1.807, 2.05) is 37.2 Å². The monoisotopic (exact) mass is 380 g/mol. The molecule has 2 aromatic rings. The number of carbonyl (C=O) groups is 1. The van der Waals surface area contributed by atoms with Crippen LogP contribution in [0.2, 0.25) is 0 Å². The van der Waals surface area contributed by atoms with Crippen molar-refractivity contribution >= 4 is 5.91 Å². The molecule has 5 nitrogen and oxygen atoms in total. The van der Waals surface area contributed by atoms with Crippen LogP contribution in [0.15, 0.2) is 42.5 Å². The predicted octanol–water partition coefficient (Wildman–Crippen LogP) is 3.47. The number of amides is 1. The molecule has 0 unspecified atom stereocenters. The standard InChI is InChI=1S/C19H19F3N2O3/c1-24(2)15(13-5-8-16-17(9-13)27-11-26-16)10-23-18(25)12-3-6-14(7-4-12)19(20,21)22/h3-9,15H,10-11H2,1-2H3,(H,23,25)/t15-/m1/s1. The molecule has 0 fully saturated rings. The van der Waals surface area contributed by atoms with E-state index in [2.05, 4.69) is 5.32 Å². The van der Waals surface area contributed by atoms with Gasteiger partial charge in [0.05, 0.1) is 11.6 Å². The van der Waals surface area contributed by atoms with Crippen LogP contribution >= 0.6 is 0 Å². The molecule has 144 valence electrons. The number of hydrogen-bond donors (Lipinski definition) is 1. The van der Waals surface area contributed by atoms with E-state index < -0.39 is 17.6 Å². The summed E-state index contributed by atoms with van der Waals surface area (Å²) in [6.45, 7) is 0.461. The van der Waals surface area contributed by atoms with Crippen LogP contribution in [0.4, 0.5) is 13.2 Å². The van der Waals surface area contributed by atoms with Crippen LogP contribution in [0.1, 0.15) is 27.5 Å². The summed E-state index contributed by atoms with van der Waals surface area (Å²) >= 11 is 0. The van der Waals surface area contributed by atoms with E-state index in [4.69, 9.17) is 9.47 Å². The maximum absolute atomic E-state index is 12.6. The lowest BCUT2D eigenvalue weighted by molar-refractivity contribution is -0.137. The smallest absolute Gasteiger partial charge is 0.416 e. The van der Waals surface area contributed by atoms with E-state index in [1.54, 1.807) is 0 Å². The molecular formula is C19H19F3N2O3. The average Bonchev–Trinajstić information content (AvgIpc) is 3.08. The molecule has 1 aliphatic heterocycles. The third-order valence-corrected chi connectivity index (χ3v) is 4.34. The van der Waals surface area contributed by atoms with Crippen LogP contribution in [0.3, 0.4) is 0 Å². The van der Waals surface area contributed by atoms with Gasteiger partial charge in [0.15, 0.2) is 11.5 Å². The zero-order valence-corrected chi connectivity index (χ0v) is 14.8. The number of likely N-dealkylation sites (N-methyl/N-ethyl adjacent to an activating group) is 1. The zero-order valence-electron chi connectivity index (χ0n) is 14.8. The Morgan fingerprint density at radius 3 is 2.41 bits per heavy atom. The number of alkyl halides is 3. The Bertz CT molecular complexity index is 820. The van der Waals surface area contributed by atoms with Gasteiger partial charge in [0.2, 0.25) is 6.79 Å². The normalized spacial score (nSPS) is 14.3. The Balaban J connectivity index is 1.68. The van der Waals surface area contributed by atoms with Crippen LogP contribution in [0.5, 0.6) is 11.5 Å². The van der Waals surface area contributed by atoms with Crippen LogP contribution in [0, 0.1) is 0 Å². The molecule has 1 amide bonds. The van der Waals surface area contributed by atoms with Crippen LogP contribution in [-0.2, 0) is 6.18 Å². The van der Waals surface area contributed by atoms with Gasteiger partial charge in [-0.15, -0.1) is 0 Å². The minimum Gasteiger partial charge on any atom is -0.454 e. The van der Waals surface area contributed by atoms with Gasteiger partial charge in [-0.05, 0) is 56.1 Å². The Morgan fingerprint density at radius 2 is 1.78 bits per heavy atom. The van der Waals surface area contributed by atoms with Crippen LogP contribution < -0.4 is 14.8 Å². The van der Waals surface area contributed by atoms with Crippen molar-refractivity contribution < 1.29 is 27.4 Å². The van der Waals surface area contributed by atoms with Gasteiger partial charge >= 0.3 is 6.18 Å². The maximum atomic E-state index is 12.6. The molecule has 0 aliphatic carbocycles. The van der Waals surface area contributed by atoms with Gasteiger partial charge in [-0.25, -0.2) is 0 Å². The molecule has 27 heavy (non-hydrogen) atoms. The minimum absolute atomic E-state index is 0.141. The fourth-order valence-electron chi connectivity index (χ4n) is 2.82. The van der Waals surface area contributed by atoms with Gasteiger partial charge < -0.3 is 19.7 Å². The number of fused-ring (bicyclic) bond motifs is 1. The number of nitrogens with zero attached hydrogens (tertiary/aromatic N) is 1.